The number of anilines is 2. The number of benzene rings is 2. The maximum Gasteiger partial charge on any atom is 0.254 e. The third-order valence-corrected chi connectivity index (χ3v) is 11.5. The second-order valence-corrected chi connectivity index (χ2v) is 15.9. The largest absolute Gasteiger partial charge is 0.477 e. The summed E-state index contributed by atoms with van der Waals surface area (Å²) < 4.78 is 28.9. The van der Waals surface area contributed by atoms with Gasteiger partial charge in [0.05, 0.1) is 99.9 Å². The smallest absolute Gasteiger partial charge is 0.254 e. The molecule has 2 aliphatic rings. The average molecular weight is 873 g/mol. The minimum Gasteiger partial charge on any atom is -0.477 e. The Morgan fingerprint density at radius 3 is 1.95 bits per heavy atom. The molecule has 3 atom stereocenters. The molecular formula is C46H52N10O8. The highest BCUT2D eigenvalue weighted by Crippen LogP contribution is 2.38. The lowest BCUT2D eigenvalue weighted by atomic mass is 10.00. The molecule has 6 heterocycles. The van der Waals surface area contributed by atoms with Crippen LogP contribution in [0.5, 0.6) is 11.8 Å². The minimum atomic E-state index is -0.499. The van der Waals surface area contributed by atoms with Crippen LogP contribution < -0.4 is 20.9 Å². The fourth-order valence-corrected chi connectivity index (χ4v) is 7.98. The summed E-state index contributed by atoms with van der Waals surface area (Å²) in [6.45, 7) is 10.1. The molecule has 64 heavy (non-hydrogen) atoms. The third kappa shape index (κ3) is 9.35. The van der Waals surface area contributed by atoms with Crippen LogP contribution in [0.3, 0.4) is 0 Å². The Morgan fingerprint density at radius 2 is 1.34 bits per heavy atom. The molecule has 5 N–H and O–H groups in total. The lowest BCUT2D eigenvalue weighted by Crippen LogP contribution is -2.41. The SMILES string of the molecule is CCOc1ccc(CN(C(=O)c2ccc3nc(N)c4c(c3c2)COC4)[C@H](C)COCCCOc2ccc(CN(C(=O)c3ccc4nc(N)c5c(c4c3)CO[C@@H]5C)[C@H](C)CO)nn2)nn1. The van der Waals surface area contributed by atoms with E-state index in [9.17, 15) is 14.7 Å². The first-order chi connectivity index (χ1) is 31.0. The van der Waals surface area contributed by atoms with Gasteiger partial charge < -0.3 is 50.1 Å². The zero-order valence-electron chi connectivity index (χ0n) is 36.3. The molecule has 6 aromatic rings. The van der Waals surface area contributed by atoms with E-state index in [0.717, 1.165) is 33.0 Å². The summed E-state index contributed by atoms with van der Waals surface area (Å²) in [6.07, 6.45) is 0.360. The van der Waals surface area contributed by atoms with Gasteiger partial charge >= 0.3 is 0 Å². The highest BCUT2D eigenvalue weighted by atomic mass is 16.5. The van der Waals surface area contributed by atoms with Crippen LogP contribution in [0.2, 0.25) is 0 Å². The Kier molecular flexibility index (Phi) is 13.4. The average Bonchev–Trinajstić information content (AvgIpc) is 3.97. The molecule has 0 bridgehead atoms. The standard InChI is InChI=1S/C46H52N10O8/c1-5-62-40-13-9-32(51-53-40)20-56(46(59)29-7-11-38-33(17-29)35-23-61-24-37(35)43(47)49-38)27(3)22-60-15-6-16-63-41-14-10-31(52-54-41)19-55(26(2)21-57)45(58)30-8-12-39-34(18-30)36-25-64-28(4)42(36)44(48)50-39/h7-14,17-18,26-28,57H,5-6,15-16,19-25H2,1-4H3,(H2,47,49)(H2,48,50)/t26-,27-,28-/m1/s1. The number of aliphatic hydroxyl groups is 1. The number of nitrogens with two attached hydrogens (primary N) is 2. The quantitative estimate of drug-likeness (QED) is 0.0954. The molecule has 8 rings (SSSR count). The van der Waals surface area contributed by atoms with E-state index in [-0.39, 0.29) is 50.3 Å². The Bertz CT molecular complexity index is 2650. The molecule has 0 saturated carbocycles. The van der Waals surface area contributed by atoms with Crippen molar-refractivity contribution in [3.05, 3.63) is 105 Å². The molecule has 334 valence electrons. The molecule has 0 spiro atoms. The monoisotopic (exact) mass is 872 g/mol. The first-order valence-corrected chi connectivity index (χ1v) is 21.4. The van der Waals surface area contributed by atoms with Crippen molar-refractivity contribution in [3.63, 3.8) is 0 Å². The topological polar surface area (TPSA) is 236 Å². The molecule has 4 aromatic heterocycles. The van der Waals surface area contributed by atoms with Crippen molar-refractivity contribution in [1.82, 2.24) is 40.2 Å². The number of rotatable bonds is 18. The number of pyridine rings is 2. The van der Waals surface area contributed by atoms with Crippen LogP contribution >= 0.6 is 0 Å². The van der Waals surface area contributed by atoms with E-state index in [2.05, 4.69) is 30.4 Å². The van der Waals surface area contributed by atoms with Gasteiger partial charge in [0.1, 0.15) is 11.6 Å². The van der Waals surface area contributed by atoms with Gasteiger partial charge in [0, 0.05) is 58.2 Å². The number of ether oxygens (including phenoxy) is 5. The van der Waals surface area contributed by atoms with Crippen LogP contribution in [0.4, 0.5) is 11.6 Å². The lowest BCUT2D eigenvalue weighted by Gasteiger charge is -2.29. The van der Waals surface area contributed by atoms with E-state index in [1.165, 1.54) is 0 Å². The number of amides is 2. The van der Waals surface area contributed by atoms with Crippen LogP contribution in [0, 0.1) is 0 Å². The highest BCUT2D eigenvalue weighted by Gasteiger charge is 2.29. The predicted octanol–water partition coefficient (Wildman–Crippen LogP) is 5.09. The van der Waals surface area contributed by atoms with Gasteiger partial charge in [0.15, 0.2) is 0 Å². The summed E-state index contributed by atoms with van der Waals surface area (Å²) in [4.78, 5) is 40.5. The van der Waals surface area contributed by atoms with Gasteiger partial charge in [0.25, 0.3) is 11.8 Å². The number of carbonyl (C=O) groups excluding carboxylic acids is 2. The molecule has 0 radical (unpaired) electrons. The van der Waals surface area contributed by atoms with Crippen LogP contribution in [0.25, 0.3) is 21.8 Å². The van der Waals surface area contributed by atoms with Crippen molar-refractivity contribution < 1.29 is 38.4 Å². The number of hydrogen-bond acceptors (Lipinski definition) is 16. The minimum absolute atomic E-state index is 0.116. The molecule has 0 saturated heterocycles. The fraction of sp³-hybridized carbons (Fsp3) is 0.391. The molecule has 0 fully saturated rings. The van der Waals surface area contributed by atoms with Crippen molar-refractivity contribution in [2.75, 3.05) is 44.5 Å². The van der Waals surface area contributed by atoms with Gasteiger partial charge in [-0.15, -0.1) is 10.2 Å². The van der Waals surface area contributed by atoms with Gasteiger partial charge in [-0.1, -0.05) is 0 Å². The van der Waals surface area contributed by atoms with E-state index in [1.54, 1.807) is 59.2 Å². The van der Waals surface area contributed by atoms with E-state index < -0.39 is 6.04 Å². The Hall–Kier alpha value is -6.60. The number of carbonyl (C=O) groups is 2. The maximum atomic E-state index is 14.2. The summed E-state index contributed by atoms with van der Waals surface area (Å²) >= 11 is 0. The van der Waals surface area contributed by atoms with Gasteiger partial charge in [-0.05, 0) is 87.4 Å². The number of aromatic nitrogens is 6. The van der Waals surface area contributed by atoms with Gasteiger partial charge in [0.2, 0.25) is 11.8 Å². The van der Waals surface area contributed by atoms with E-state index in [4.69, 9.17) is 35.2 Å². The number of nitrogen functional groups attached to an aromatic ring is 2. The van der Waals surface area contributed by atoms with Crippen LogP contribution in [0.15, 0.2) is 60.7 Å². The molecule has 18 heteroatoms. The van der Waals surface area contributed by atoms with Gasteiger partial charge in [-0.2, -0.15) is 10.2 Å². The van der Waals surface area contributed by atoms with Crippen molar-refractivity contribution in [1.29, 1.82) is 0 Å². The zero-order valence-corrected chi connectivity index (χ0v) is 36.3. The van der Waals surface area contributed by atoms with Crippen LogP contribution in [-0.2, 0) is 47.1 Å². The van der Waals surface area contributed by atoms with Crippen LogP contribution in [0.1, 0.15) is 94.6 Å². The first-order valence-electron chi connectivity index (χ1n) is 21.4. The number of fused-ring (bicyclic) bond motifs is 6. The fourth-order valence-electron chi connectivity index (χ4n) is 7.98. The first kappa shape index (κ1) is 44.0. The summed E-state index contributed by atoms with van der Waals surface area (Å²) in [5.41, 5.74) is 19.4. The van der Waals surface area contributed by atoms with E-state index in [1.807, 2.05) is 39.0 Å². The number of nitrogens with zero attached hydrogens (tertiary/aromatic N) is 8. The molecule has 2 amide bonds. The molecule has 18 nitrogen and oxygen atoms in total. The lowest BCUT2D eigenvalue weighted by molar-refractivity contribution is 0.0415. The Labute approximate surface area is 369 Å². The summed E-state index contributed by atoms with van der Waals surface area (Å²) in [7, 11) is 0. The van der Waals surface area contributed by atoms with Crippen molar-refractivity contribution in [2.45, 2.75) is 85.2 Å². The van der Waals surface area contributed by atoms with Crippen molar-refractivity contribution in [2.24, 2.45) is 0 Å². The number of aliphatic hydroxyl groups excluding tert-OH is 1. The van der Waals surface area contributed by atoms with Gasteiger partial charge in [-0.25, -0.2) is 9.97 Å². The third-order valence-electron chi connectivity index (χ3n) is 11.5. The Morgan fingerprint density at radius 1 is 0.750 bits per heavy atom. The van der Waals surface area contributed by atoms with Crippen molar-refractivity contribution in [3.8, 4) is 11.8 Å². The molecular weight excluding hydrogens is 821 g/mol. The molecule has 2 aromatic carbocycles. The molecule has 2 aliphatic heterocycles. The summed E-state index contributed by atoms with van der Waals surface area (Å²) in [6, 6.07) is 16.8. The maximum absolute atomic E-state index is 14.2. The summed E-state index contributed by atoms with van der Waals surface area (Å²) in [5, 5.41) is 28.7. The molecule has 0 unspecified atom stereocenters. The van der Waals surface area contributed by atoms with E-state index >= 15 is 0 Å². The predicted molar refractivity (Wildman–Crippen MR) is 236 cm³/mol. The zero-order chi connectivity index (χ0) is 44.9. The Balaban J connectivity index is 0.862. The summed E-state index contributed by atoms with van der Waals surface area (Å²) in [5.74, 6) is 1.12. The second-order valence-electron chi connectivity index (χ2n) is 15.9. The highest BCUT2D eigenvalue weighted by molar-refractivity contribution is 6.00. The molecule has 0 aliphatic carbocycles. The van der Waals surface area contributed by atoms with Crippen molar-refractivity contribution >= 4 is 45.3 Å². The number of hydrogen-bond donors (Lipinski definition) is 3. The second kappa shape index (κ2) is 19.4. The van der Waals surface area contributed by atoms with Gasteiger partial charge in [-0.3, -0.25) is 9.59 Å². The van der Waals surface area contributed by atoms with E-state index in [0.29, 0.717) is 103 Å². The normalized spacial score (nSPS) is 15.2. The van der Waals surface area contributed by atoms with Crippen LogP contribution in [-0.4, -0.2) is 102 Å².